The van der Waals surface area contributed by atoms with E-state index >= 15 is 0 Å². The smallest absolute Gasteiger partial charge is 0.338 e. The molecule has 21 heavy (non-hydrogen) atoms. The first kappa shape index (κ1) is 15.0. The van der Waals surface area contributed by atoms with E-state index in [1.54, 1.807) is 25.1 Å². The molecule has 0 unspecified atom stereocenters. The van der Waals surface area contributed by atoms with Gasteiger partial charge in [0.25, 0.3) is 5.91 Å². The topological polar surface area (TPSA) is 79.2 Å². The van der Waals surface area contributed by atoms with Gasteiger partial charge >= 0.3 is 5.97 Å². The molecule has 110 valence electrons. The molecule has 1 aromatic carbocycles. The van der Waals surface area contributed by atoms with Crippen molar-refractivity contribution in [1.29, 1.82) is 5.26 Å². The number of nitrogens with zero attached hydrogens (tertiary/aromatic N) is 1. The molecule has 1 aromatic rings. The van der Waals surface area contributed by atoms with E-state index in [0.717, 1.165) is 25.7 Å². The van der Waals surface area contributed by atoms with Crippen LogP contribution in [0.4, 0.5) is 0 Å². The summed E-state index contributed by atoms with van der Waals surface area (Å²) in [5, 5.41) is 11.7. The van der Waals surface area contributed by atoms with Crippen LogP contribution in [0.15, 0.2) is 24.3 Å². The fourth-order valence-corrected chi connectivity index (χ4v) is 2.39. The van der Waals surface area contributed by atoms with Gasteiger partial charge in [0.05, 0.1) is 17.2 Å². The minimum atomic E-state index is -0.844. The van der Waals surface area contributed by atoms with Crippen molar-refractivity contribution in [2.75, 3.05) is 0 Å². The van der Waals surface area contributed by atoms with Gasteiger partial charge in [0.2, 0.25) is 0 Å². The van der Waals surface area contributed by atoms with Gasteiger partial charge in [0.1, 0.15) is 0 Å². The lowest BCUT2D eigenvalue weighted by atomic mass is 10.1. The Labute approximate surface area is 123 Å². The number of amides is 1. The van der Waals surface area contributed by atoms with Crippen LogP contribution in [-0.4, -0.2) is 24.0 Å². The third-order valence-corrected chi connectivity index (χ3v) is 3.58. The molecule has 0 heterocycles. The van der Waals surface area contributed by atoms with Crippen LogP contribution in [0, 0.1) is 11.3 Å². The number of hydrogen-bond acceptors (Lipinski definition) is 4. The third kappa shape index (κ3) is 4.06. The van der Waals surface area contributed by atoms with E-state index < -0.39 is 12.1 Å². The first-order chi connectivity index (χ1) is 10.1. The van der Waals surface area contributed by atoms with Gasteiger partial charge in [0.15, 0.2) is 6.10 Å². The number of nitrogens with one attached hydrogen (secondary N) is 1. The standard InChI is InChI=1S/C16H18N2O3/c1-11(15(19)18-14-7-2-3-8-14)21-16(20)13-6-4-5-12(9-13)10-17/h4-6,9,11,14H,2-3,7-8H2,1H3,(H,18,19)/t11-/m1/s1. The number of carbonyl (C=O) groups excluding carboxylic acids is 2. The summed E-state index contributed by atoms with van der Waals surface area (Å²) in [6.45, 7) is 1.55. The lowest BCUT2D eigenvalue weighted by molar-refractivity contribution is -0.129. The van der Waals surface area contributed by atoms with E-state index in [9.17, 15) is 9.59 Å². The van der Waals surface area contributed by atoms with E-state index in [2.05, 4.69) is 5.32 Å². The summed E-state index contributed by atoms with van der Waals surface area (Å²) < 4.78 is 5.15. The van der Waals surface area contributed by atoms with Crippen LogP contribution in [-0.2, 0) is 9.53 Å². The molecule has 1 saturated carbocycles. The molecule has 0 aromatic heterocycles. The van der Waals surface area contributed by atoms with Gasteiger partial charge in [-0.05, 0) is 38.0 Å². The number of carbonyl (C=O) groups is 2. The average molecular weight is 286 g/mol. The number of ether oxygens (including phenoxy) is 1. The molecule has 1 aliphatic rings. The molecule has 0 saturated heterocycles. The van der Waals surface area contributed by atoms with Crippen LogP contribution in [0.5, 0.6) is 0 Å². The molecule has 1 N–H and O–H groups in total. The molecule has 1 fully saturated rings. The minimum Gasteiger partial charge on any atom is -0.449 e. The largest absolute Gasteiger partial charge is 0.449 e. The van der Waals surface area contributed by atoms with Gasteiger partial charge in [0, 0.05) is 6.04 Å². The van der Waals surface area contributed by atoms with Crippen molar-refractivity contribution in [2.24, 2.45) is 0 Å². The number of rotatable bonds is 4. The summed E-state index contributed by atoms with van der Waals surface area (Å²) in [5.74, 6) is -0.868. The molecule has 0 spiro atoms. The monoisotopic (exact) mass is 286 g/mol. The molecule has 0 bridgehead atoms. The Balaban J connectivity index is 1.91. The zero-order valence-electron chi connectivity index (χ0n) is 12.0. The van der Waals surface area contributed by atoms with Crippen LogP contribution in [0.2, 0.25) is 0 Å². The Hall–Kier alpha value is -2.35. The maximum absolute atomic E-state index is 12.0. The summed E-state index contributed by atoms with van der Waals surface area (Å²) in [6, 6.07) is 8.38. The third-order valence-electron chi connectivity index (χ3n) is 3.58. The Morgan fingerprint density at radius 1 is 1.38 bits per heavy atom. The Bertz CT molecular complexity index is 571. The van der Waals surface area contributed by atoms with E-state index in [1.807, 2.05) is 6.07 Å². The fraction of sp³-hybridized carbons (Fsp3) is 0.438. The molecular weight excluding hydrogens is 268 g/mol. The molecule has 5 heteroatoms. The first-order valence-corrected chi connectivity index (χ1v) is 7.11. The van der Waals surface area contributed by atoms with Gasteiger partial charge < -0.3 is 10.1 Å². The van der Waals surface area contributed by atoms with Crippen LogP contribution >= 0.6 is 0 Å². The number of nitriles is 1. The lowest BCUT2D eigenvalue weighted by Gasteiger charge is -2.17. The predicted molar refractivity (Wildman–Crippen MR) is 76.4 cm³/mol. The Morgan fingerprint density at radius 2 is 2.10 bits per heavy atom. The van der Waals surface area contributed by atoms with Crippen molar-refractivity contribution in [2.45, 2.75) is 44.8 Å². The summed E-state index contributed by atoms with van der Waals surface area (Å²) in [4.78, 5) is 23.9. The minimum absolute atomic E-state index is 0.195. The van der Waals surface area contributed by atoms with E-state index in [1.165, 1.54) is 6.07 Å². The second kappa shape index (κ2) is 6.89. The zero-order chi connectivity index (χ0) is 15.2. The van der Waals surface area contributed by atoms with E-state index in [-0.39, 0.29) is 17.5 Å². The molecule has 5 nitrogen and oxygen atoms in total. The lowest BCUT2D eigenvalue weighted by Crippen LogP contribution is -2.40. The molecule has 1 atom stereocenters. The Kier molecular flexibility index (Phi) is 4.94. The molecule has 2 rings (SSSR count). The molecule has 1 amide bonds. The van der Waals surface area contributed by atoms with Gasteiger partial charge in [-0.3, -0.25) is 4.79 Å². The summed E-state index contributed by atoms with van der Waals surface area (Å²) in [5.41, 5.74) is 0.655. The van der Waals surface area contributed by atoms with Crippen LogP contribution in [0.3, 0.4) is 0 Å². The molecule has 0 radical (unpaired) electrons. The van der Waals surface area contributed by atoms with Gasteiger partial charge in [-0.15, -0.1) is 0 Å². The van der Waals surface area contributed by atoms with Crippen molar-refractivity contribution in [1.82, 2.24) is 5.32 Å². The highest BCUT2D eigenvalue weighted by Gasteiger charge is 2.23. The highest BCUT2D eigenvalue weighted by atomic mass is 16.5. The maximum Gasteiger partial charge on any atom is 0.338 e. The van der Waals surface area contributed by atoms with Crippen LogP contribution in [0.1, 0.15) is 48.5 Å². The van der Waals surface area contributed by atoms with E-state index in [4.69, 9.17) is 10.00 Å². The van der Waals surface area contributed by atoms with E-state index in [0.29, 0.717) is 5.56 Å². The Morgan fingerprint density at radius 3 is 2.76 bits per heavy atom. The van der Waals surface area contributed by atoms with Crippen LogP contribution < -0.4 is 5.32 Å². The van der Waals surface area contributed by atoms with Gasteiger partial charge in [-0.2, -0.15) is 5.26 Å². The summed E-state index contributed by atoms with van der Waals surface area (Å²) in [7, 11) is 0. The van der Waals surface area contributed by atoms with Crippen molar-refractivity contribution >= 4 is 11.9 Å². The molecular formula is C16H18N2O3. The zero-order valence-corrected chi connectivity index (χ0v) is 12.0. The summed E-state index contributed by atoms with van der Waals surface area (Å²) >= 11 is 0. The SMILES string of the molecule is C[C@@H](OC(=O)c1cccc(C#N)c1)C(=O)NC1CCCC1. The summed E-state index contributed by atoms with van der Waals surface area (Å²) in [6.07, 6.45) is 3.37. The highest BCUT2D eigenvalue weighted by Crippen LogP contribution is 2.18. The maximum atomic E-state index is 12.0. The molecule has 1 aliphatic carbocycles. The van der Waals surface area contributed by atoms with Crippen LogP contribution in [0.25, 0.3) is 0 Å². The normalized spacial score (nSPS) is 16.0. The fourth-order valence-electron chi connectivity index (χ4n) is 2.39. The number of benzene rings is 1. The van der Waals surface area contributed by atoms with Gasteiger partial charge in [-0.1, -0.05) is 18.9 Å². The predicted octanol–water partition coefficient (Wildman–Crippen LogP) is 2.16. The second-order valence-corrected chi connectivity index (χ2v) is 5.23. The quantitative estimate of drug-likeness (QED) is 0.860. The van der Waals surface area contributed by atoms with Crippen molar-refractivity contribution in [3.05, 3.63) is 35.4 Å². The first-order valence-electron chi connectivity index (χ1n) is 7.11. The number of esters is 1. The van der Waals surface area contributed by atoms with Crippen molar-refractivity contribution in [3.63, 3.8) is 0 Å². The van der Waals surface area contributed by atoms with Crippen molar-refractivity contribution in [3.8, 4) is 6.07 Å². The molecule has 0 aliphatic heterocycles. The second-order valence-electron chi connectivity index (χ2n) is 5.23. The highest BCUT2D eigenvalue weighted by molar-refractivity contribution is 5.92. The van der Waals surface area contributed by atoms with Gasteiger partial charge in [-0.25, -0.2) is 4.79 Å². The number of hydrogen-bond donors (Lipinski definition) is 1. The average Bonchev–Trinajstić information content (AvgIpc) is 3.00. The van der Waals surface area contributed by atoms with Crippen molar-refractivity contribution < 1.29 is 14.3 Å².